The molecule has 3 N–H and O–H groups in total. The number of rotatable bonds is 5. The van der Waals surface area contributed by atoms with Gasteiger partial charge >= 0.3 is 0 Å². The molecule has 0 amide bonds. The summed E-state index contributed by atoms with van der Waals surface area (Å²) in [5, 5.41) is 0. The predicted octanol–water partition coefficient (Wildman–Crippen LogP) is 0.711. The van der Waals surface area contributed by atoms with Crippen molar-refractivity contribution in [2.24, 2.45) is 5.73 Å². The van der Waals surface area contributed by atoms with E-state index in [2.05, 4.69) is 4.72 Å². The van der Waals surface area contributed by atoms with E-state index in [1.807, 2.05) is 13.8 Å². The number of hydrogen-bond donors (Lipinski definition) is 2. The maximum absolute atomic E-state index is 11.7. The van der Waals surface area contributed by atoms with Crippen LogP contribution in [-0.2, 0) is 10.0 Å². The zero-order chi connectivity index (χ0) is 13.1. The molecule has 0 aliphatic carbocycles. The van der Waals surface area contributed by atoms with Gasteiger partial charge in [-0.15, -0.1) is 0 Å². The molecule has 1 aromatic rings. The Kier molecular flexibility index (Phi) is 4.13. The molecule has 0 radical (unpaired) electrons. The number of benzene rings is 1. The van der Waals surface area contributed by atoms with E-state index < -0.39 is 15.6 Å². The summed E-state index contributed by atoms with van der Waals surface area (Å²) in [6.45, 7) is 3.85. The van der Waals surface area contributed by atoms with Gasteiger partial charge in [-0.3, -0.25) is 0 Å². The lowest BCUT2D eigenvalue weighted by Gasteiger charge is -2.20. The van der Waals surface area contributed by atoms with Crippen molar-refractivity contribution >= 4 is 10.0 Å². The van der Waals surface area contributed by atoms with Crippen molar-refractivity contribution in [2.75, 3.05) is 13.7 Å². The molecule has 1 rings (SSSR count). The SMILES string of the molecule is CNS(=O)(=O)c1ccccc1OCC(C)(C)N. The molecule has 0 spiro atoms. The van der Waals surface area contributed by atoms with Crippen LogP contribution < -0.4 is 15.2 Å². The fourth-order valence-electron chi connectivity index (χ4n) is 1.17. The highest BCUT2D eigenvalue weighted by molar-refractivity contribution is 7.89. The van der Waals surface area contributed by atoms with Gasteiger partial charge in [-0.2, -0.15) is 0 Å². The number of ether oxygens (including phenoxy) is 1. The van der Waals surface area contributed by atoms with Crippen LogP contribution >= 0.6 is 0 Å². The number of sulfonamides is 1. The molecule has 0 saturated carbocycles. The quantitative estimate of drug-likeness (QED) is 0.815. The molecular weight excluding hydrogens is 240 g/mol. The third kappa shape index (κ3) is 3.99. The Balaban J connectivity index is 3.02. The van der Waals surface area contributed by atoms with E-state index in [1.165, 1.54) is 13.1 Å². The highest BCUT2D eigenvalue weighted by Crippen LogP contribution is 2.23. The zero-order valence-electron chi connectivity index (χ0n) is 10.2. The summed E-state index contributed by atoms with van der Waals surface area (Å²) in [5.74, 6) is 0.306. The summed E-state index contributed by atoms with van der Waals surface area (Å²) in [7, 11) is -2.15. The predicted molar refractivity (Wildman–Crippen MR) is 66.4 cm³/mol. The van der Waals surface area contributed by atoms with E-state index in [1.54, 1.807) is 18.2 Å². The molecule has 0 aliphatic heterocycles. The summed E-state index contributed by atoms with van der Waals surface area (Å²) in [5.41, 5.74) is 5.27. The second kappa shape index (κ2) is 5.03. The monoisotopic (exact) mass is 258 g/mol. The van der Waals surface area contributed by atoms with Crippen LogP contribution in [0.25, 0.3) is 0 Å². The van der Waals surface area contributed by atoms with Crippen LogP contribution in [0.3, 0.4) is 0 Å². The molecule has 0 aromatic heterocycles. The molecular formula is C11H18N2O3S. The first-order valence-electron chi connectivity index (χ1n) is 5.20. The number of nitrogens with one attached hydrogen (secondary N) is 1. The summed E-state index contributed by atoms with van der Waals surface area (Å²) in [4.78, 5) is 0.117. The van der Waals surface area contributed by atoms with Gasteiger partial charge in [-0.25, -0.2) is 13.1 Å². The lowest BCUT2D eigenvalue weighted by molar-refractivity contribution is 0.238. The van der Waals surface area contributed by atoms with Crippen molar-refractivity contribution in [3.63, 3.8) is 0 Å². The summed E-state index contributed by atoms with van der Waals surface area (Å²) >= 11 is 0. The average Bonchev–Trinajstić information content (AvgIpc) is 2.26. The Morgan fingerprint density at radius 1 is 1.35 bits per heavy atom. The van der Waals surface area contributed by atoms with Crippen molar-refractivity contribution in [3.05, 3.63) is 24.3 Å². The molecule has 5 nitrogen and oxygen atoms in total. The standard InChI is InChI=1S/C11H18N2O3S/c1-11(2,12)8-16-9-6-4-5-7-10(9)17(14,15)13-3/h4-7,13H,8,12H2,1-3H3. The van der Waals surface area contributed by atoms with Crippen LogP contribution in [0.4, 0.5) is 0 Å². The maximum atomic E-state index is 11.7. The van der Waals surface area contributed by atoms with Crippen molar-refractivity contribution in [1.29, 1.82) is 0 Å². The van der Waals surface area contributed by atoms with E-state index in [-0.39, 0.29) is 11.5 Å². The fraction of sp³-hybridized carbons (Fsp3) is 0.455. The molecule has 6 heteroatoms. The Morgan fingerprint density at radius 2 is 1.94 bits per heavy atom. The largest absolute Gasteiger partial charge is 0.490 e. The normalized spacial score (nSPS) is 12.5. The minimum atomic E-state index is -3.51. The fourth-order valence-corrected chi connectivity index (χ4v) is 2.03. The molecule has 0 heterocycles. The minimum absolute atomic E-state index is 0.117. The van der Waals surface area contributed by atoms with Crippen LogP contribution in [0.5, 0.6) is 5.75 Å². The molecule has 0 unspecified atom stereocenters. The molecule has 96 valence electrons. The second-order valence-electron chi connectivity index (χ2n) is 4.43. The van der Waals surface area contributed by atoms with Gasteiger partial charge in [0.2, 0.25) is 10.0 Å². The van der Waals surface area contributed by atoms with Gasteiger partial charge in [-0.05, 0) is 33.0 Å². The van der Waals surface area contributed by atoms with E-state index in [9.17, 15) is 8.42 Å². The second-order valence-corrected chi connectivity index (χ2v) is 6.29. The lowest BCUT2D eigenvalue weighted by atomic mass is 10.1. The minimum Gasteiger partial charge on any atom is -0.490 e. The Hall–Kier alpha value is -1.11. The van der Waals surface area contributed by atoms with Crippen LogP contribution in [0.15, 0.2) is 29.2 Å². The molecule has 0 saturated heterocycles. The molecule has 0 bridgehead atoms. The zero-order valence-corrected chi connectivity index (χ0v) is 11.0. The van der Waals surface area contributed by atoms with Gasteiger partial charge in [0.15, 0.2) is 0 Å². The van der Waals surface area contributed by atoms with E-state index in [4.69, 9.17) is 10.5 Å². The molecule has 0 fully saturated rings. The van der Waals surface area contributed by atoms with Gasteiger partial charge in [0.25, 0.3) is 0 Å². The third-order valence-corrected chi connectivity index (χ3v) is 3.46. The van der Waals surface area contributed by atoms with E-state index in [0.717, 1.165) is 0 Å². The van der Waals surface area contributed by atoms with Gasteiger partial charge in [0.1, 0.15) is 17.3 Å². The summed E-state index contributed by atoms with van der Waals surface area (Å²) < 4.78 is 31.1. The highest BCUT2D eigenvalue weighted by Gasteiger charge is 2.19. The van der Waals surface area contributed by atoms with Crippen molar-refractivity contribution in [3.8, 4) is 5.75 Å². The Labute approximate surface area is 102 Å². The Bertz CT molecular complexity index is 478. The Morgan fingerprint density at radius 3 is 2.47 bits per heavy atom. The maximum Gasteiger partial charge on any atom is 0.243 e. The number of hydrogen-bond acceptors (Lipinski definition) is 4. The average molecular weight is 258 g/mol. The van der Waals surface area contributed by atoms with Crippen LogP contribution in [0.1, 0.15) is 13.8 Å². The van der Waals surface area contributed by atoms with Gasteiger partial charge in [0, 0.05) is 5.54 Å². The highest BCUT2D eigenvalue weighted by atomic mass is 32.2. The van der Waals surface area contributed by atoms with E-state index in [0.29, 0.717) is 5.75 Å². The number of para-hydroxylation sites is 1. The van der Waals surface area contributed by atoms with Crippen LogP contribution in [-0.4, -0.2) is 27.6 Å². The molecule has 0 atom stereocenters. The first kappa shape index (κ1) is 14.0. The van der Waals surface area contributed by atoms with Crippen LogP contribution in [0, 0.1) is 0 Å². The van der Waals surface area contributed by atoms with Crippen molar-refractivity contribution in [2.45, 2.75) is 24.3 Å². The smallest absolute Gasteiger partial charge is 0.243 e. The third-order valence-electron chi connectivity index (χ3n) is 2.01. The van der Waals surface area contributed by atoms with Crippen LogP contribution in [0.2, 0.25) is 0 Å². The number of nitrogens with two attached hydrogens (primary N) is 1. The first-order chi connectivity index (χ1) is 7.76. The lowest BCUT2D eigenvalue weighted by Crippen LogP contribution is -2.39. The topological polar surface area (TPSA) is 81.4 Å². The van der Waals surface area contributed by atoms with Gasteiger partial charge in [-0.1, -0.05) is 12.1 Å². The first-order valence-corrected chi connectivity index (χ1v) is 6.69. The molecule has 0 aliphatic rings. The summed E-state index contributed by atoms with van der Waals surface area (Å²) in [6.07, 6.45) is 0. The van der Waals surface area contributed by atoms with Crippen molar-refractivity contribution in [1.82, 2.24) is 4.72 Å². The molecule has 1 aromatic carbocycles. The van der Waals surface area contributed by atoms with E-state index >= 15 is 0 Å². The van der Waals surface area contributed by atoms with Gasteiger partial charge < -0.3 is 10.5 Å². The van der Waals surface area contributed by atoms with Gasteiger partial charge in [0.05, 0.1) is 0 Å². The molecule has 17 heavy (non-hydrogen) atoms. The summed E-state index contributed by atoms with van der Waals surface area (Å²) in [6, 6.07) is 6.46. The van der Waals surface area contributed by atoms with Crippen molar-refractivity contribution < 1.29 is 13.2 Å².